The van der Waals surface area contributed by atoms with Crippen LogP contribution in [0.4, 0.5) is 0 Å². The van der Waals surface area contributed by atoms with Crippen molar-refractivity contribution in [1.29, 1.82) is 0 Å². The smallest absolute Gasteiger partial charge is 0.251 e. The first kappa shape index (κ1) is 20.9. The predicted octanol–water partition coefficient (Wildman–Crippen LogP) is 5.05. The van der Waals surface area contributed by atoms with Crippen molar-refractivity contribution in [2.45, 2.75) is 32.2 Å². The molecule has 0 spiro atoms. The fourth-order valence-corrected chi connectivity index (χ4v) is 4.24. The molecule has 2 heterocycles. The first-order valence-electron chi connectivity index (χ1n) is 11.4. The van der Waals surface area contributed by atoms with Crippen molar-refractivity contribution >= 4 is 5.91 Å². The third-order valence-electron chi connectivity index (χ3n) is 5.87. The summed E-state index contributed by atoms with van der Waals surface area (Å²) in [6.07, 6.45) is 6.21. The molecule has 1 aliphatic carbocycles. The molecule has 0 fully saturated rings. The number of ether oxygens (including phenoxy) is 1. The quantitative estimate of drug-likeness (QED) is 0.439. The van der Waals surface area contributed by atoms with E-state index in [0.717, 1.165) is 30.0 Å². The summed E-state index contributed by atoms with van der Waals surface area (Å²) in [7, 11) is 0. The fraction of sp³-hybridized carbons (Fsp3) is 0.222. The molecule has 0 radical (unpaired) electrons. The van der Waals surface area contributed by atoms with Crippen molar-refractivity contribution in [3.8, 4) is 22.9 Å². The highest BCUT2D eigenvalue weighted by Gasteiger charge is 2.22. The highest BCUT2D eigenvalue weighted by atomic mass is 16.5. The highest BCUT2D eigenvalue weighted by molar-refractivity contribution is 5.94. The Labute approximate surface area is 193 Å². The molecule has 5 rings (SSSR count). The van der Waals surface area contributed by atoms with Gasteiger partial charge in [0.2, 0.25) is 0 Å². The maximum absolute atomic E-state index is 12.6. The largest absolute Gasteiger partial charge is 0.457 e. The third-order valence-corrected chi connectivity index (χ3v) is 5.87. The molecule has 166 valence electrons. The molecule has 6 nitrogen and oxygen atoms in total. The number of hydrogen-bond donors (Lipinski definition) is 1. The van der Waals surface area contributed by atoms with E-state index in [2.05, 4.69) is 15.0 Å². The second-order valence-electron chi connectivity index (χ2n) is 8.11. The topological polar surface area (TPSA) is 69.0 Å². The second kappa shape index (κ2) is 9.69. The number of carbonyl (C=O) groups excluding carboxylic acids is 1. The molecule has 0 bridgehead atoms. The van der Waals surface area contributed by atoms with Gasteiger partial charge < -0.3 is 10.1 Å². The van der Waals surface area contributed by atoms with Gasteiger partial charge in [0.05, 0.1) is 12.2 Å². The third kappa shape index (κ3) is 4.80. The number of amides is 1. The number of rotatable bonds is 7. The summed E-state index contributed by atoms with van der Waals surface area (Å²) < 4.78 is 7.85. The SMILES string of the molecule is O=C(NCCn1nc(-c2ccccn2)c2c1CCCC2)c1ccc(Oc2ccccc2)cc1. The number of hydrogen-bond acceptors (Lipinski definition) is 4. The van der Waals surface area contributed by atoms with Crippen molar-refractivity contribution in [2.75, 3.05) is 6.54 Å². The van der Waals surface area contributed by atoms with Crippen LogP contribution in [0.1, 0.15) is 34.5 Å². The van der Waals surface area contributed by atoms with Gasteiger partial charge in [0, 0.05) is 29.6 Å². The minimum absolute atomic E-state index is 0.104. The van der Waals surface area contributed by atoms with Gasteiger partial charge in [-0.25, -0.2) is 0 Å². The number of carbonyl (C=O) groups is 1. The number of nitrogens with zero attached hydrogens (tertiary/aromatic N) is 3. The standard InChI is InChI=1S/C27H26N4O2/c32-27(20-13-15-22(16-14-20)33-21-8-2-1-3-9-21)29-18-19-31-25-12-5-4-10-23(25)26(30-31)24-11-6-7-17-28-24/h1-3,6-9,11,13-17H,4-5,10,12,18-19H2,(H,29,32). The Morgan fingerprint density at radius 1 is 0.909 bits per heavy atom. The molecule has 4 aromatic rings. The van der Waals surface area contributed by atoms with E-state index in [1.54, 1.807) is 18.3 Å². The van der Waals surface area contributed by atoms with Gasteiger partial charge in [-0.05, 0) is 74.2 Å². The van der Waals surface area contributed by atoms with Gasteiger partial charge in [-0.15, -0.1) is 0 Å². The molecule has 33 heavy (non-hydrogen) atoms. The molecule has 0 saturated heterocycles. The molecule has 0 atom stereocenters. The van der Waals surface area contributed by atoms with Crippen LogP contribution in [0, 0.1) is 0 Å². The molecule has 0 aliphatic heterocycles. The summed E-state index contributed by atoms with van der Waals surface area (Å²) >= 11 is 0. The monoisotopic (exact) mass is 438 g/mol. The summed E-state index contributed by atoms with van der Waals surface area (Å²) in [6, 6.07) is 22.7. The van der Waals surface area contributed by atoms with Crippen LogP contribution >= 0.6 is 0 Å². The predicted molar refractivity (Wildman–Crippen MR) is 127 cm³/mol. The van der Waals surface area contributed by atoms with Crippen molar-refractivity contribution in [3.63, 3.8) is 0 Å². The van der Waals surface area contributed by atoms with Crippen LogP contribution in [-0.2, 0) is 19.4 Å². The second-order valence-corrected chi connectivity index (χ2v) is 8.11. The number of para-hydroxylation sites is 1. The van der Waals surface area contributed by atoms with Gasteiger partial charge in [-0.2, -0.15) is 5.10 Å². The lowest BCUT2D eigenvalue weighted by atomic mass is 9.95. The van der Waals surface area contributed by atoms with Crippen LogP contribution in [0.3, 0.4) is 0 Å². The molecule has 2 aromatic heterocycles. The van der Waals surface area contributed by atoms with Gasteiger partial charge in [0.25, 0.3) is 5.91 Å². The van der Waals surface area contributed by atoms with Crippen LogP contribution in [0.15, 0.2) is 79.0 Å². The highest BCUT2D eigenvalue weighted by Crippen LogP contribution is 2.30. The summed E-state index contributed by atoms with van der Waals surface area (Å²) in [5.74, 6) is 1.36. The van der Waals surface area contributed by atoms with Crippen LogP contribution in [0.2, 0.25) is 0 Å². The lowest BCUT2D eigenvalue weighted by Gasteiger charge is -2.14. The summed E-state index contributed by atoms with van der Waals surface area (Å²) in [4.78, 5) is 17.1. The van der Waals surface area contributed by atoms with E-state index in [9.17, 15) is 4.79 Å². The Morgan fingerprint density at radius 2 is 1.67 bits per heavy atom. The average molecular weight is 439 g/mol. The van der Waals surface area contributed by atoms with E-state index in [0.29, 0.717) is 24.4 Å². The lowest BCUT2D eigenvalue weighted by Crippen LogP contribution is -2.28. The number of fused-ring (bicyclic) bond motifs is 1. The van der Waals surface area contributed by atoms with E-state index in [4.69, 9.17) is 9.84 Å². The molecule has 1 N–H and O–H groups in total. The van der Waals surface area contributed by atoms with Crippen molar-refractivity contribution in [3.05, 3.63) is 95.8 Å². The van der Waals surface area contributed by atoms with Crippen LogP contribution < -0.4 is 10.1 Å². The fourth-order valence-electron chi connectivity index (χ4n) is 4.24. The molecule has 2 aromatic carbocycles. The number of benzene rings is 2. The van der Waals surface area contributed by atoms with E-state index in [-0.39, 0.29) is 5.91 Å². The van der Waals surface area contributed by atoms with E-state index >= 15 is 0 Å². The molecule has 0 unspecified atom stereocenters. The lowest BCUT2D eigenvalue weighted by molar-refractivity contribution is 0.0952. The number of aromatic nitrogens is 3. The normalized spacial score (nSPS) is 12.7. The molecule has 6 heteroatoms. The Morgan fingerprint density at radius 3 is 2.45 bits per heavy atom. The van der Waals surface area contributed by atoms with Crippen molar-refractivity contribution in [2.24, 2.45) is 0 Å². The van der Waals surface area contributed by atoms with Gasteiger partial charge in [-0.1, -0.05) is 24.3 Å². The van der Waals surface area contributed by atoms with Crippen molar-refractivity contribution in [1.82, 2.24) is 20.1 Å². The zero-order valence-electron chi connectivity index (χ0n) is 18.4. The van der Waals surface area contributed by atoms with Gasteiger partial charge in [0.15, 0.2) is 0 Å². The number of nitrogens with one attached hydrogen (secondary N) is 1. The van der Waals surface area contributed by atoms with Crippen LogP contribution in [-0.4, -0.2) is 27.2 Å². The Kier molecular flexibility index (Phi) is 6.15. The molecule has 0 saturated carbocycles. The Hall–Kier alpha value is -3.93. The van der Waals surface area contributed by atoms with E-state index < -0.39 is 0 Å². The number of pyridine rings is 1. The average Bonchev–Trinajstić information content (AvgIpc) is 3.24. The zero-order valence-corrected chi connectivity index (χ0v) is 18.4. The van der Waals surface area contributed by atoms with E-state index in [1.165, 1.54) is 24.1 Å². The van der Waals surface area contributed by atoms with E-state index in [1.807, 2.05) is 60.7 Å². The first-order chi connectivity index (χ1) is 16.3. The summed E-state index contributed by atoms with van der Waals surface area (Å²) in [5, 5.41) is 7.89. The maximum Gasteiger partial charge on any atom is 0.251 e. The molecule has 1 amide bonds. The van der Waals surface area contributed by atoms with Gasteiger partial charge in [0.1, 0.15) is 17.2 Å². The van der Waals surface area contributed by atoms with Gasteiger partial charge >= 0.3 is 0 Å². The maximum atomic E-state index is 12.6. The zero-order chi connectivity index (χ0) is 22.5. The Bertz CT molecular complexity index is 1220. The summed E-state index contributed by atoms with van der Waals surface area (Å²) in [6.45, 7) is 1.15. The molecular formula is C27H26N4O2. The van der Waals surface area contributed by atoms with Crippen molar-refractivity contribution < 1.29 is 9.53 Å². The van der Waals surface area contributed by atoms with Gasteiger partial charge in [-0.3, -0.25) is 14.5 Å². The Balaban J connectivity index is 1.22. The minimum atomic E-state index is -0.104. The summed E-state index contributed by atoms with van der Waals surface area (Å²) in [5.41, 5.74) is 5.08. The first-order valence-corrected chi connectivity index (χ1v) is 11.4. The van der Waals surface area contributed by atoms with Crippen LogP contribution in [0.5, 0.6) is 11.5 Å². The minimum Gasteiger partial charge on any atom is -0.457 e. The van der Waals surface area contributed by atoms with Crippen LogP contribution in [0.25, 0.3) is 11.4 Å². The molecular weight excluding hydrogens is 412 g/mol. The molecule has 1 aliphatic rings.